The fraction of sp³-hybridized carbons (Fsp3) is 0.400. The van der Waals surface area contributed by atoms with Crippen LogP contribution in [0.3, 0.4) is 0 Å². The van der Waals surface area contributed by atoms with E-state index in [1.807, 2.05) is 60.8 Å². The highest BCUT2D eigenvalue weighted by Gasteiger charge is 2.37. The molecule has 2 aliphatic rings. The number of nitrogens with one attached hydrogen (secondary N) is 1. The van der Waals surface area contributed by atoms with Gasteiger partial charge in [-0.05, 0) is 42.3 Å². The van der Waals surface area contributed by atoms with Gasteiger partial charge in [-0.15, -0.1) is 0 Å². The molecule has 0 saturated carbocycles. The van der Waals surface area contributed by atoms with Crippen LogP contribution >= 0.6 is 0 Å². The summed E-state index contributed by atoms with van der Waals surface area (Å²) in [4.78, 5) is 22.7. The molecule has 1 N–H and O–H groups in total. The van der Waals surface area contributed by atoms with Crippen molar-refractivity contribution in [3.63, 3.8) is 0 Å². The number of hydrogen-bond donors (Lipinski definition) is 1. The molecule has 2 atom stereocenters. The van der Waals surface area contributed by atoms with E-state index in [0.717, 1.165) is 55.4 Å². The number of aromatic nitrogens is 1. The molecule has 1 aromatic heterocycles. The van der Waals surface area contributed by atoms with Crippen molar-refractivity contribution < 1.29 is 23.7 Å². The summed E-state index contributed by atoms with van der Waals surface area (Å²) < 4.78 is 23.1. The molecule has 1 amide bonds. The van der Waals surface area contributed by atoms with E-state index in [9.17, 15) is 4.79 Å². The van der Waals surface area contributed by atoms with Crippen molar-refractivity contribution in [1.29, 1.82) is 0 Å². The lowest BCUT2D eigenvalue weighted by molar-refractivity contribution is -0.128. The third-order valence-corrected chi connectivity index (χ3v) is 7.46. The Balaban J connectivity index is 1.26. The van der Waals surface area contributed by atoms with Crippen LogP contribution in [0.1, 0.15) is 17.2 Å². The van der Waals surface area contributed by atoms with E-state index < -0.39 is 12.0 Å². The van der Waals surface area contributed by atoms with E-state index in [4.69, 9.17) is 18.9 Å². The van der Waals surface area contributed by atoms with Gasteiger partial charge in [0.15, 0.2) is 11.5 Å². The molecule has 2 unspecified atom stereocenters. The second-order valence-corrected chi connectivity index (χ2v) is 9.72. The summed E-state index contributed by atoms with van der Waals surface area (Å²) in [5.74, 6) is 2.91. The zero-order chi connectivity index (χ0) is 27.2. The van der Waals surface area contributed by atoms with Crippen LogP contribution < -0.4 is 29.2 Å². The first-order chi connectivity index (χ1) is 19.1. The molecule has 0 bridgehead atoms. The standard InChI is InChI=1S/C30H36N4O5/c1-36-25-19-22(20-26(37-2)29(25)38-3)28-23(18-21-8-4-5-9-24(21)39-28)30(35)32-12-13-33-14-16-34(17-15-33)27-10-6-7-11-31-27/h4-11,19-20,23,28H,12-18H2,1-3H3,(H,32,35). The second-order valence-electron chi connectivity index (χ2n) is 9.72. The number of para-hydroxylation sites is 1. The zero-order valence-electron chi connectivity index (χ0n) is 22.8. The minimum atomic E-state index is -0.504. The molecule has 0 spiro atoms. The predicted molar refractivity (Wildman–Crippen MR) is 149 cm³/mol. The number of amides is 1. The normalized spacial score (nSPS) is 19.0. The molecule has 9 heteroatoms. The number of hydrogen-bond acceptors (Lipinski definition) is 8. The van der Waals surface area contributed by atoms with E-state index in [-0.39, 0.29) is 5.91 Å². The smallest absolute Gasteiger partial charge is 0.227 e. The summed E-state index contributed by atoms with van der Waals surface area (Å²) >= 11 is 0. The Morgan fingerprint density at radius 1 is 0.974 bits per heavy atom. The highest BCUT2D eigenvalue weighted by Crippen LogP contribution is 2.44. The van der Waals surface area contributed by atoms with Crippen molar-refractivity contribution in [1.82, 2.24) is 15.2 Å². The number of pyridine rings is 1. The lowest BCUT2D eigenvalue weighted by atomic mass is 9.86. The van der Waals surface area contributed by atoms with Crippen LogP contribution in [0.25, 0.3) is 0 Å². The van der Waals surface area contributed by atoms with Crippen molar-refractivity contribution in [3.05, 3.63) is 71.9 Å². The Morgan fingerprint density at radius 3 is 2.36 bits per heavy atom. The van der Waals surface area contributed by atoms with Gasteiger partial charge in [-0.3, -0.25) is 9.69 Å². The molecule has 2 aliphatic heterocycles. The average molecular weight is 533 g/mol. The molecule has 3 aromatic rings. The zero-order valence-corrected chi connectivity index (χ0v) is 22.8. The number of ether oxygens (including phenoxy) is 4. The van der Waals surface area contributed by atoms with Gasteiger partial charge in [0.05, 0.1) is 27.2 Å². The van der Waals surface area contributed by atoms with Crippen LogP contribution in [-0.4, -0.2) is 76.4 Å². The van der Waals surface area contributed by atoms with Crippen molar-refractivity contribution in [3.8, 4) is 23.0 Å². The maximum Gasteiger partial charge on any atom is 0.227 e. The Hall–Kier alpha value is -3.98. The molecular weight excluding hydrogens is 496 g/mol. The number of carbonyl (C=O) groups excluding carboxylic acids is 1. The number of anilines is 1. The summed E-state index contributed by atoms with van der Waals surface area (Å²) in [5.41, 5.74) is 1.82. The van der Waals surface area contributed by atoms with Crippen LogP contribution in [0.5, 0.6) is 23.0 Å². The maximum absolute atomic E-state index is 13.6. The minimum Gasteiger partial charge on any atom is -0.493 e. The van der Waals surface area contributed by atoms with Gasteiger partial charge >= 0.3 is 0 Å². The molecular formula is C30H36N4O5. The molecule has 2 aromatic carbocycles. The molecule has 0 radical (unpaired) electrons. The molecule has 1 fully saturated rings. The summed E-state index contributed by atoms with van der Waals surface area (Å²) in [5, 5.41) is 3.18. The largest absolute Gasteiger partial charge is 0.493 e. The lowest BCUT2D eigenvalue weighted by Crippen LogP contribution is -2.49. The summed E-state index contributed by atoms with van der Waals surface area (Å²) in [6.45, 7) is 5.06. The first-order valence-electron chi connectivity index (χ1n) is 13.3. The fourth-order valence-corrected chi connectivity index (χ4v) is 5.36. The third-order valence-electron chi connectivity index (χ3n) is 7.46. The van der Waals surface area contributed by atoms with Gasteiger partial charge in [-0.2, -0.15) is 0 Å². The quantitative estimate of drug-likeness (QED) is 0.449. The van der Waals surface area contributed by atoms with Gasteiger partial charge in [-0.1, -0.05) is 24.3 Å². The molecule has 39 heavy (non-hydrogen) atoms. The first-order valence-corrected chi connectivity index (χ1v) is 13.3. The number of benzene rings is 2. The molecule has 5 rings (SSSR count). The van der Waals surface area contributed by atoms with Crippen molar-refractivity contribution in [2.75, 3.05) is 65.5 Å². The number of fused-ring (bicyclic) bond motifs is 1. The Labute approximate surface area is 229 Å². The van der Waals surface area contributed by atoms with Gasteiger partial charge < -0.3 is 29.2 Å². The van der Waals surface area contributed by atoms with Crippen LogP contribution in [-0.2, 0) is 11.2 Å². The van der Waals surface area contributed by atoms with Crippen LogP contribution in [0.4, 0.5) is 5.82 Å². The van der Waals surface area contributed by atoms with Crippen LogP contribution in [0.15, 0.2) is 60.8 Å². The van der Waals surface area contributed by atoms with Gasteiger partial charge in [0.1, 0.15) is 17.7 Å². The van der Waals surface area contributed by atoms with E-state index in [0.29, 0.717) is 30.2 Å². The molecule has 9 nitrogen and oxygen atoms in total. The minimum absolute atomic E-state index is 0.0321. The SMILES string of the molecule is COc1cc(C2Oc3ccccc3CC2C(=O)NCCN2CCN(c3ccccn3)CC2)cc(OC)c1OC. The summed E-state index contributed by atoms with van der Waals surface area (Å²) in [6, 6.07) is 17.6. The number of carbonyl (C=O) groups is 1. The topological polar surface area (TPSA) is 85.4 Å². The number of rotatable bonds is 9. The van der Waals surface area contributed by atoms with Gasteiger partial charge in [0, 0.05) is 51.0 Å². The maximum atomic E-state index is 13.6. The van der Waals surface area contributed by atoms with Crippen LogP contribution in [0.2, 0.25) is 0 Å². The Morgan fingerprint density at radius 2 is 1.69 bits per heavy atom. The molecule has 206 valence electrons. The molecule has 3 heterocycles. The van der Waals surface area contributed by atoms with E-state index in [2.05, 4.69) is 20.1 Å². The fourth-order valence-electron chi connectivity index (χ4n) is 5.36. The number of nitrogens with zero attached hydrogens (tertiary/aromatic N) is 3. The summed E-state index contributed by atoms with van der Waals surface area (Å²) in [6.07, 6.45) is 1.90. The third kappa shape index (κ3) is 5.88. The Bertz CT molecular complexity index is 1240. The van der Waals surface area contributed by atoms with Crippen molar-refractivity contribution >= 4 is 11.7 Å². The average Bonchev–Trinajstić information content (AvgIpc) is 3.00. The highest BCUT2D eigenvalue weighted by molar-refractivity contribution is 5.80. The van der Waals surface area contributed by atoms with Gasteiger partial charge in [0.2, 0.25) is 11.7 Å². The Kier molecular flexibility index (Phi) is 8.36. The van der Waals surface area contributed by atoms with Crippen molar-refractivity contribution in [2.24, 2.45) is 5.92 Å². The van der Waals surface area contributed by atoms with Gasteiger partial charge in [-0.25, -0.2) is 4.98 Å². The van der Waals surface area contributed by atoms with Crippen molar-refractivity contribution in [2.45, 2.75) is 12.5 Å². The second kappa shape index (κ2) is 12.3. The van der Waals surface area contributed by atoms with E-state index in [1.165, 1.54) is 0 Å². The predicted octanol–water partition coefficient (Wildman–Crippen LogP) is 3.34. The van der Waals surface area contributed by atoms with E-state index >= 15 is 0 Å². The van der Waals surface area contributed by atoms with Crippen LogP contribution in [0, 0.1) is 5.92 Å². The number of methoxy groups -OCH3 is 3. The molecule has 1 saturated heterocycles. The van der Waals surface area contributed by atoms with E-state index in [1.54, 1.807) is 21.3 Å². The highest BCUT2D eigenvalue weighted by atomic mass is 16.5. The summed E-state index contributed by atoms with van der Waals surface area (Å²) in [7, 11) is 4.74. The number of piperazine rings is 1. The lowest BCUT2D eigenvalue weighted by Gasteiger charge is -2.36. The first kappa shape index (κ1) is 26.6. The van der Waals surface area contributed by atoms with Gasteiger partial charge in [0.25, 0.3) is 0 Å². The molecule has 0 aliphatic carbocycles. The monoisotopic (exact) mass is 532 g/mol.